The normalized spacial score (nSPS) is 11.6. The van der Waals surface area contributed by atoms with E-state index in [1.165, 1.54) is 70.6 Å². The number of carbonyl (C=O) groups excluding carboxylic acids is 1. The lowest BCUT2D eigenvalue weighted by Crippen LogP contribution is -2.27. The van der Waals surface area contributed by atoms with Gasteiger partial charge in [0.1, 0.15) is 0 Å². The lowest BCUT2D eigenvalue weighted by Gasteiger charge is -2.07. The van der Waals surface area contributed by atoms with Crippen LogP contribution < -0.4 is 5.32 Å². The molecule has 0 saturated heterocycles. The molecule has 0 saturated carbocycles. The summed E-state index contributed by atoms with van der Waals surface area (Å²) in [7, 11) is -3.41. The van der Waals surface area contributed by atoms with Gasteiger partial charge in [-0.1, -0.05) is 84.0 Å². The molecule has 168 valence electrons. The maximum Gasteiger partial charge on any atom is 0.264 e. The molecule has 0 aliphatic heterocycles. The summed E-state index contributed by atoms with van der Waals surface area (Å²) >= 11 is 0. The fraction of sp³-hybridized carbons (Fsp3) is 0.952. The van der Waals surface area contributed by atoms with Crippen LogP contribution in [-0.2, 0) is 23.8 Å². The molecule has 0 aromatic heterocycles. The molecule has 7 heteroatoms. The first-order valence-electron chi connectivity index (χ1n) is 11.1. The Kier molecular flexibility index (Phi) is 19.2. The summed E-state index contributed by atoms with van der Waals surface area (Å²) in [6.07, 6.45) is 18.4. The first-order valence-corrected chi connectivity index (χ1v) is 13.0. The van der Waals surface area contributed by atoms with Gasteiger partial charge in [-0.25, -0.2) is 0 Å². The maximum absolute atomic E-state index is 11.7. The Morgan fingerprint density at radius 2 is 1.25 bits per heavy atom. The van der Waals surface area contributed by atoms with E-state index in [0.29, 0.717) is 19.6 Å². The van der Waals surface area contributed by atoms with Crippen LogP contribution in [0.25, 0.3) is 0 Å². The molecular formula is C21H43NO5S. The van der Waals surface area contributed by atoms with Gasteiger partial charge in [-0.05, 0) is 6.42 Å². The molecule has 0 aromatic carbocycles. The molecule has 6 nitrogen and oxygen atoms in total. The molecule has 1 amide bonds. The SMILES string of the molecule is CCCCCCCCCCCCCCCC(=O)NCCOCCOS(C)(=O)=O. The van der Waals surface area contributed by atoms with E-state index in [0.717, 1.165) is 19.1 Å². The summed E-state index contributed by atoms with van der Waals surface area (Å²) < 4.78 is 31.2. The third kappa shape index (κ3) is 23.4. The van der Waals surface area contributed by atoms with Crippen molar-refractivity contribution in [3.8, 4) is 0 Å². The molecule has 28 heavy (non-hydrogen) atoms. The summed E-state index contributed by atoms with van der Waals surface area (Å²) in [4.78, 5) is 11.7. The van der Waals surface area contributed by atoms with E-state index in [-0.39, 0.29) is 19.1 Å². The molecule has 0 aliphatic rings. The average Bonchev–Trinajstić information content (AvgIpc) is 2.64. The van der Waals surface area contributed by atoms with Crippen LogP contribution in [0.3, 0.4) is 0 Å². The van der Waals surface area contributed by atoms with E-state index in [1.807, 2.05) is 0 Å². The Labute approximate surface area is 173 Å². The quantitative estimate of drug-likeness (QED) is 0.217. The zero-order chi connectivity index (χ0) is 20.9. The van der Waals surface area contributed by atoms with Crippen LogP contribution >= 0.6 is 0 Å². The van der Waals surface area contributed by atoms with Crippen LogP contribution in [0.4, 0.5) is 0 Å². The van der Waals surface area contributed by atoms with Gasteiger partial charge in [0.15, 0.2) is 0 Å². The van der Waals surface area contributed by atoms with Gasteiger partial charge in [0.05, 0.1) is 26.1 Å². The van der Waals surface area contributed by atoms with Gasteiger partial charge in [-0.15, -0.1) is 0 Å². The van der Waals surface area contributed by atoms with E-state index in [2.05, 4.69) is 16.4 Å². The fourth-order valence-electron chi connectivity index (χ4n) is 3.00. The van der Waals surface area contributed by atoms with Crippen molar-refractivity contribution in [2.24, 2.45) is 0 Å². The van der Waals surface area contributed by atoms with Crippen molar-refractivity contribution < 1.29 is 22.1 Å². The highest BCUT2D eigenvalue weighted by atomic mass is 32.2. The zero-order valence-electron chi connectivity index (χ0n) is 18.2. The van der Waals surface area contributed by atoms with Crippen LogP contribution in [0, 0.1) is 0 Å². The van der Waals surface area contributed by atoms with E-state index in [4.69, 9.17) is 4.74 Å². The largest absolute Gasteiger partial charge is 0.377 e. The monoisotopic (exact) mass is 421 g/mol. The summed E-state index contributed by atoms with van der Waals surface area (Å²) in [6.45, 7) is 3.26. The van der Waals surface area contributed by atoms with E-state index in [1.54, 1.807) is 0 Å². The highest BCUT2D eigenvalue weighted by molar-refractivity contribution is 7.85. The van der Waals surface area contributed by atoms with Crippen LogP contribution in [0.15, 0.2) is 0 Å². The van der Waals surface area contributed by atoms with Gasteiger partial charge in [-0.3, -0.25) is 8.98 Å². The minimum Gasteiger partial charge on any atom is -0.377 e. The Morgan fingerprint density at radius 1 is 0.750 bits per heavy atom. The summed E-state index contributed by atoms with van der Waals surface area (Å²) in [6, 6.07) is 0. The van der Waals surface area contributed by atoms with Gasteiger partial charge in [0.25, 0.3) is 10.1 Å². The molecule has 0 spiro atoms. The molecule has 0 heterocycles. The molecule has 1 N–H and O–H groups in total. The van der Waals surface area contributed by atoms with E-state index in [9.17, 15) is 13.2 Å². The van der Waals surface area contributed by atoms with Gasteiger partial charge in [-0.2, -0.15) is 8.42 Å². The molecule has 0 unspecified atom stereocenters. The van der Waals surface area contributed by atoms with Crippen molar-refractivity contribution in [3.63, 3.8) is 0 Å². The standard InChI is InChI=1S/C21H43NO5S/c1-3-4-5-6-7-8-9-10-11-12-13-14-15-16-21(23)22-17-18-26-19-20-27-28(2,24)25/h3-20H2,1-2H3,(H,22,23). The third-order valence-electron chi connectivity index (χ3n) is 4.60. The van der Waals surface area contributed by atoms with Gasteiger partial charge in [0, 0.05) is 13.0 Å². The second kappa shape index (κ2) is 19.6. The predicted octanol–water partition coefficient (Wildman–Crippen LogP) is 4.58. The van der Waals surface area contributed by atoms with Crippen molar-refractivity contribution in [2.45, 2.75) is 96.8 Å². The van der Waals surface area contributed by atoms with Crippen molar-refractivity contribution in [3.05, 3.63) is 0 Å². The zero-order valence-corrected chi connectivity index (χ0v) is 19.0. The first kappa shape index (κ1) is 27.3. The van der Waals surface area contributed by atoms with Crippen LogP contribution in [0.2, 0.25) is 0 Å². The van der Waals surface area contributed by atoms with Crippen molar-refractivity contribution in [1.82, 2.24) is 5.32 Å². The summed E-state index contributed by atoms with van der Waals surface area (Å²) in [5, 5.41) is 2.81. The van der Waals surface area contributed by atoms with Gasteiger partial charge >= 0.3 is 0 Å². The Balaban J connectivity index is 3.21. The Bertz CT molecular complexity index is 454. The van der Waals surface area contributed by atoms with Crippen molar-refractivity contribution >= 4 is 16.0 Å². The maximum atomic E-state index is 11.7. The van der Waals surface area contributed by atoms with Crippen LogP contribution in [0.1, 0.15) is 96.8 Å². The number of carbonyl (C=O) groups is 1. The fourth-order valence-corrected chi connectivity index (χ4v) is 3.37. The number of nitrogens with one attached hydrogen (secondary N) is 1. The topological polar surface area (TPSA) is 81.7 Å². The molecular weight excluding hydrogens is 378 g/mol. The number of hydrogen-bond donors (Lipinski definition) is 1. The molecule has 0 atom stereocenters. The third-order valence-corrected chi connectivity index (χ3v) is 5.20. The summed E-state index contributed by atoms with van der Waals surface area (Å²) in [5.41, 5.74) is 0. The Morgan fingerprint density at radius 3 is 1.75 bits per heavy atom. The number of ether oxygens (including phenoxy) is 1. The molecule has 0 fully saturated rings. The minimum absolute atomic E-state index is 0.00569. The number of hydrogen-bond acceptors (Lipinski definition) is 5. The number of amides is 1. The second-order valence-corrected chi connectivity index (χ2v) is 9.13. The first-order chi connectivity index (χ1) is 13.5. The van der Waals surface area contributed by atoms with Crippen molar-refractivity contribution in [2.75, 3.05) is 32.6 Å². The van der Waals surface area contributed by atoms with Gasteiger partial charge < -0.3 is 10.1 Å². The minimum atomic E-state index is -3.41. The molecule has 0 rings (SSSR count). The van der Waals surface area contributed by atoms with E-state index >= 15 is 0 Å². The second-order valence-electron chi connectivity index (χ2n) is 7.48. The number of rotatable bonds is 21. The van der Waals surface area contributed by atoms with E-state index < -0.39 is 10.1 Å². The number of unbranched alkanes of at least 4 members (excludes halogenated alkanes) is 12. The summed E-state index contributed by atoms with van der Waals surface area (Å²) in [5.74, 6) is 0.0547. The molecule has 0 aromatic rings. The smallest absolute Gasteiger partial charge is 0.264 e. The lowest BCUT2D eigenvalue weighted by molar-refractivity contribution is -0.121. The average molecular weight is 422 g/mol. The Hall–Kier alpha value is -0.660. The highest BCUT2D eigenvalue weighted by Crippen LogP contribution is 2.12. The highest BCUT2D eigenvalue weighted by Gasteiger charge is 2.02. The molecule has 0 radical (unpaired) electrons. The van der Waals surface area contributed by atoms with Crippen LogP contribution in [-0.4, -0.2) is 46.9 Å². The lowest BCUT2D eigenvalue weighted by atomic mass is 10.0. The molecule has 0 aliphatic carbocycles. The van der Waals surface area contributed by atoms with Gasteiger partial charge in [0.2, 0.25) is 5.91 Å². The van der Waals surface area contributed by atoms with Crippen molar-refractivity contribution in [1.29, 1.82) is 0 Å². The molecule has 0 bridgehead atoms. The van der Waals surface area contributed by atoms with Crippen LogP contribution in [0.5, 0.6) is 0 Å². The predicted molar refractivity (Wildman–Crippen MR) is 115 cm³/mol.